The summed E-state index contributed by atoms with van der Waals surface area (Å²) in [7, 11) is -2.07. The highest BCUT2D eigenvalue weighted by atomic mass is 35.5. The summed E-state index contributed by atoms with van der Waals surface area (Å²) in [5, 5.41) is 3.06. The van der Waals surface area contributed by atoms with Gasteiger partial charge in [-0.05, 0) is 25.1 Å². The van der Waals surface area contributed by atoms with Crippen LogP contribution in [0.2, 0.25) is 5.02 Å². The topological polar surface area (TPSA) is 75.7 Å². The highest BCUT2D eigenvalue weighted by Crippen LogP contribution is 2.21. The fourth-order valence-electron chi connectivity index (χ4n) is 1.77. The molecule has 1 amide bonds. The van der Waals surface area contributed by atoms with Crippen LogP contribution >= 0.6 is 11.6 Å². The number of halogens is 1. The Labute approximate surface area is 130 Å². The van der Waals surface area contributed by atoms with E-state index in [2.05, 4.69) is 5.32 Å². The van der Waals surface area contributed by atoms with Crippen LogP contribution in [0.25, 0.3) is 0 Å². The number of carbonyl (C=O) groups excluding carboxylic acids is 1. The second-order valence-electron chi connectivity index (χ2n) is 4.67. The maximum Gasteiger partial charge on any atom is 0.241 e. The first-order valence-electron chi connectivity index (χ1n) is 6.25. The summed E-state index contributed by atoms with van der Waals surface area (Å²) in [6, 6.07) is 6.13. The van der Waals surface area contributed by atoms with Crippen LogP contribution in [-0.2, 0) is 19.6 Å². The normalized spacial score (nSPS) is 12.8. The van der Waals surface area contributed by atoms with E-state index in [9.17, 15) is 13.2 Å². The minimum Gasteiger partial charge on any atom is -0.383 e. The molecule has 6 nitrogen and oxygen atoms in total. The van der Waals surface area contributed by atoms with Crippen LogP contribution in [-0.4, -0.2) is 46.9 Å². The second kappa shape index (κ2) is 7.63. The van der Waals surface area contributed by atoms with E-state index in [1.165, 1.54) is 13.2 Å². The lowest BCUT2D eigenvalue weighted by Gasteiger charge is -2.23. The Bertz CT molecular complexity index is 592. The number of nitrogens with zero attached hydrogens (tertiary/aromatic N) is 1. The predicted molar refractivity (Wildman–Crippen MR) is 83.1 cm³/mol. The van der Waals surface area contributed by atoms with Crippen molar-refractivity contribution < 1.29 is 17.9 Å². The largest absolute Gasteiger partial charge is 0.383 e. The molecule has 1 aromatic carbocycles. The molecular weight excluding hydrogens is 316 g/mol. The number of benzene rings is 1. The Morgan fingerprint density at radius 3 is 2.67 bits per heavy atom. The molecule has 0 aliphatic heterocycles. The first kappa shape index (κ1) is 17.7. The highest BCUT2D eigenvalue weighted by molar-refractivity contribution is 7.92. The predicted octanol–water partition coefficient (Wildman–Crippen LogP) is 1.26. The lowest BCUT2D eigenvalue weighted by molar-refractivity contribution is -0.120. The van der Waals surface area contributed by atoms with Gasteiger partial charge < -0.3 is 10.1 Å². The van der Waals surface area contributed by atoms with Crippen LogP contribution in [0.3, 0.4) is 0 Å². The number of anilines is 1. The Morgan fingerprint density at radius 2 is 2.14 bits per heavy atom. The summed E-state index contributed by atoms with van der Waals surface area (Å²) in [5.41, 5.74) is 0.347. The number of rotatable bonds is 7. The molecule has 0 fully saturated rings. The zero-order valence-corrected chi connectivity index (χ0v) is 13.7. The van der Waals surface area contributed by atoms with E-state index < -0.39 is 15.9 Å². The summed E-state index contributed by atoms with van der Waals surface area (Å²) < 4.78 is 29.7. The fourth-order valence-corrected chi connectivity index (χ4v) is 2.81. The second-order valence-corrected chi connectivity index (χ2v) is 7.02. The van der Waals surface area contributed by atoms with Crippen LogP contribution < -0.4 is 9.62 Å². The van der Waals surface area contributed by atoms with Crippen molar-refractivity contribution in [1.82, 2.24) is 5.32 Å². The van der Waals surface area contributed by atoms with E-state index in [0.29, 0.717) is 17.3 Å². The first-order valence-corrected chi connectivity index (χ1v) is 8.48. The third-order valence-corrected chi connectivity index (χ3v) is 3.98. The van der Waals surface area contributed by atoms with Gasteiger partial charge in [-0.3, -0.25) is 9.10 Å². The number of hydrogen-bond acceptors (Lipinski definition) is 4. The van der Waals surface area contributed by atoms with E-state index in [0.717, 1.165) is 10.6 Å². The van der Waals surface area contributed by atoms with Crippen molar-refractivity contribution in [3.05, 3.63) is 29.3 Å². The Morgan fingerprint density at radius 1 is 1.48 bits per heavy atom. The van der Waals surface area contributed by atoms with Crippen molar-refractivity contribution in [2.24, 2.45) is 0 Å². The minimum atomic E-state index is -3.60. The van der Waals surface area contributed by atoms with Gasteiger partial charge in [0.2, 0.25) is 15.9 Å². The number of carbonyl (C=O) groups is 1. The van der Waals surface area contributed by atoms with Gasteiger partial charge in [-0.1, -0.05) is 17.7 Å². The summed E-state index contributed by atoms with van der Waals surface area (Å²) in [4.78, 5) is 11.9. The van der Waals surface area contributed by atoms with Crippen LogP contribution in [0.5, 0.6) is 0 Å². The van der Waals surface area contributed by atoms with Gasteiger partial charge in [-0.25, -0.2) is 8.42 Å². The van der Waals surface area contributed by atoms with Gasteiger partial charge in [0.1, 0.15) is 6.54 Å². The Balaban J connectivity index is 2.89. The van der Waals surface area contributed by atoms with Crippen LogP contribution in [0.1, 0.15) is 6.92 Å². The van der Waals surface area contributed by atoms with Gasteiger partial charge in [-0.2, -0.15) is 0 Å². The molecule has 0 unspecified atom stereocenters. The van der Waals surface area contributed by atoms with Crippen molar-refractivity contribution >= 4 is 33.2 Å². The summed E-state index contributed by atoms with van der Waals surface area (Å²) in [6.45, 7) is 1.81. The molecule has 1 N–H and O–H groups in total. The van der Waals surface area contributed by atoms with Gasteiger partial charge in [0, 0.05) is 18.2 Å². The fraction of sp³-hybridized carbons (Fsp3) is 0.462. The first-order chi connectivity index (χ1) is 9.74. The summed E-state index contributed by atoms with van der Waals surface area (Å²) >= 11 is 5.86. The van der Waals surface area contributed by atoms with Gasteiger partial charge in [0.05, 0.1) is 18.6 Å². The molecule has 0 saturated heterocycles. The Hall–Kier alpha value is -1.31. The van der Waals surface area contributed by atoms with Crippen molar-refractivity contribution in [2.45, 2.75) is 13.0 Å². The van der Waals surface area contributed by atoms with E-state index in [-0.39, 0.29) is 12.6 Å². The molecule has 1 rings (SSSR count). The molecule has 0 heterocycles. The summed E-state index contributed by atoms with van der Waals surface area (Å²) in [6.07, 6.45) is 1.04. The van der Waals surface area contributed by atoms with Crippen LogP contribution in [0, 0.1) is 0 Å². The third kappa shape index (κ3) is 5.91. The van der Waals surface area contributed by atoms with E-state index in [1.807, 2.05) is 0 Å². The monoisotopic (exact) mass is 334 g/mol. The molecule has 1 aromatic rings. The molecule has 0 saturated carbocycles. The molecule has 0 bridgehead atoms. The third-order valence-electron chi connectivity index (χ3n) is 2.61. The number of methoxy groups -OCH3 is 1. The number of nitrogens with one attached hydrogen (secondary N) is 1. The van der Waals surface area contributed by atoms with Crippen LogP contribution in [0.4, 0.5) is 5.69 Å². The zero-order valence-electron chi connectivity index (χ0n) is 12.2. The lowest BCUT2D eigenvalue weighted by atomic mass is 10.3. The smallest absolute Gasteiger partial charge is 0.241 e. The van der Waals surface area contributed by atoms with Crippen molar-refractivity contribution in [3.8, 4) is 0 Å². The average Bonchev–Trinajstić information content (AvgIpc) is 2.34. The molecule has 1 atom stereocenters. The number of ether oxygens (including phenoxy) is 1. The molecule has 0 aromatic heterocycles. The standard InChI is InChI=1S/C13H19ClN2O4S/c1-10(9-20-2)15-13(17)8-16(21(3,18)19)12-6-4-5-11(14)7-12/h4-7,10H,8-9H2,1-3H3,(H,15,17)/t10-/m0/s1. The number of amides is 1. The van der Waals surface area contributed by atoms with Gasteiger partial charge >= 0.3 is 0 Å². The van der Waals surface area contributed by atoms with Gasteiger partial charge in [0.15, 0.2) is 0 Å². The molecule has 0 aliphatic rings. The van der Waals surface area contributed by atoms with Crippen molar-refractivity contribution in [1.29, 1.82) is 0 Å². The number of hydrogen-bond donors (Lipinski definition) is 1. The maximum atomic E-state index is 11.9. The molecule has 8 heteroatoms. The quantitative estimate of drug-likeness (QED) is 0.814. The minimum absolute atomic E-state index is 0.205. The Kier molecular flexibility index (Phi) is 6.44. The molecule has 0 aliphatic carbocycles. The molecule has 21 heavy (non-hydrogen) atoms. The highest BCUT2D eigenvalue weighted by Gasteiger charge is 2.21. The number of sulfonamides is 1. The van der Waals surface area contributed by atoms with Crippen molar-refractivity contribution in [2.75, 3.05) is 30.8 Å². The average molecular weight is 335 g/mol. The molecule has 118 valence electrons. The molecular formula is C13H19ClN2O4S. The van der Waals surface area contributed by atoms with E-state index in [4.69, 9.17) is 16.3 Å². The lowest BCUT2D eigenvalue weighted by Crippen LogP contribution is -2.44. The van der Waals surface area contributed by atoms with Crippen LogP contribution in [0.15, 0.2) is 24.3 Å². The SMILES string of the molecule is COC[C@H](C)NC(=O)CN(c1cccc(Cl)c1)S(C)(=O)=O. The van der Waals surface area contributed by atoms with E-state index >= 15 is 0 Å². The summed E-state index contributed by atoms with van der Waals surface area (Å²) in [5.74, 6) is -0.412. The van der Waals surface area contributed by atoms with Gasteiger partial charge in [-0.15, -0.1) is 0 Å². The van der Waals surface area contributed by atoms with Crippen molar-refractivity contribution in [3.63, 3.8) is 0 Å². The zero-order chi connectivity index (χ0) is 16.0. The molecule has 0 radical (unpaired) electrons. The molecule has 0 spiro atoms. The van der Waals surface area contributed by atoms with Gasteiger partial charge in [0.25, 0.3) is 0 Å². The maximum absolute atomic E-state index is 11.9. The van der Waals surface area contributed by atoms with E-state index in [1.54, 1.807) is 25.1 Å².